The lowest BCUT2D eigenvalue weighted by Gasteiger charge is -2.11. The molecular formula is C21H23N5O3. The number of non-ortho nitro benzene ring substituents is 1. The number of hydrogen-bond acceptors (Lipinski definition) is 5. The number of carbonyl (C=O) groups is 1. The number of benzene rings is 2. The molecular weight excluding hydrogens is 370 g/mol. The lowest BCUT2D eigenvalue weighted by molar-refractivity contribution is -0.384. The van der Waals surface area contributed by atoms with Crippen LogP contribution in [0, 0.1) is 10.1 Å². The van der Waals surface area contributed by atoms with Crippen molar-refractivity contribution >= 4 is 17.3 Å². The minimum absolute atomic E-state index is 0.00654. The van der Waals surface area contributed by atoms with E-state index in [9.17, 15) is 14.9 Å². The number of nitro benzene ring substituents is 1. The smallest absolute Gasteiger partial charge is 0.269 e. The maximum atomic E-state index is 12.1. The standard InChI is InChI=1S/C21H23N5O3/c27-21(6-3-11-23-19-7-9-20(10-8-19)26(28)29)24-14-17-4-1-2-5-18(17)15-25-13-12-22-16-25/h1-2,4-5,7-10,12-13,16,23H,3,6,11,14-15H2,(H,24,27). The second-order valence-corrected chi connectivity index (χ2v) is 6.61. The lowest BCUT2D eigenvalue weighted by Crippen LogP contribution is -2.24. The summed E-state index contributed by atoms with van der Waals surface area (Å²) in [5.74, 6) is -0.00654. The van der Waals surface area contributed by atoms with E-state index in [4.69, 9.17) is 0 Å². The van der Waals surface area contributed by atoms with Crippen LogP contribution in [0.3, 0.4) is 0 Å². The van der Waals surface area contributed by atoms with Crippen molar-refractivity contribution in [3.05, 3.63) is 88.5 Å². The van der Waals surface area contributed by atoms with Gasteiger partial charge in [0.05, 0.1) is 11.3 Å². The normalized spacial score (nSPS) is 10.5. The predicted molar refractivity (Wildman–Crippen MR) is 110 cm³/mol. The molecule has 8 nitrogen and oxygen atoms in total. The van der Waals surface area contributed by atoms with Gasteiger partial charge in [0.1, 0.15) is 0 Å². The van der Waals surface area contributed by atoms with Gasteiger partial charge in [0.15, 0.2) is 0 Å². The average molecular weight is 393 g/mol. The van der Waals surface area contributed by atoms with Gasteiger partial charge < -0.3 is 15.2 Å². The highest BCUT2D eigenvalue weighted by atomic mass is 16.6. The predicted octanol–water partition coefficient (Wildman–Crippen LogP) is 3.35. The molecule has 0 aliphatic heterocycles. The Labute approximate surface area is 168 Å². The van der Waals surface area contributed by atoms with Crippen molar-refractivity contribution in [2.45, 2.75) is 25.9 Å². The average Bonchev–Trinajstić information content (AvgIpc) is 3.24. The van der Waals surface area contributed by atoms with Crippen LogP contribution < -0.4 is 10.6 Å². The minimum Gasteiger partial charge on any atom is -0.385 e. The van der Waals surface area contributed by atoms with E-state index in [-0.39, 0.29) is 11.6 Å². The zero-order valence-electron chi connectivity index (χ0n) is 16.0. The van der Waals surface area contributed by atoms with Crippen molar-refractivity contribution < 1.29 is 9.72 Å². The summed E-state index contributed by atoms with van der Waals surface area (Å²) >= 11 is 0. The molecule has 150 valence electrons. The van der Waals surface area contributed by atoms with E-state index in [1.165, 1.54) is 12.1 Å². The van der Waals surface area contributed by atoms with Gasteiger partial charge in [0.2, 0.25) is 5.91 Å². The van der Waals surface area contributed by atoms with E-state index < -0.39 is 4.92 Å². The van der Waals surface area contributed by atoms with Gasteiger partial charge in [-0.05, 0) is 29.7 Å². The van der Waals surface area contributed by atoms with E-state index in [0.29, 0.717) is 32.5 Å². The van der Waals surface area contributed by atoms with Crippen molar-refractivity contribution in [2.24, 2.45) is 0 Å². The van der Waals surface area contributed by atoms with Gasteiger partial charge >= 0.3 is 0 Å². The second-order valence-electron chi connectivity index (χ2n) is 6.61. The number of anilines is 1. The summed E-state index contributed by atoms with van der Waals surface area (Å²) in [6.07, 6.45) is 6.50. The number of hydrogen-bond donors (Lipinski definition) is 2. The number of nitrogens with zero attached hydrogens (tertiary/aromatic N) is 3. The zero-order valence-corrected chi connectivity index (χ0v) is 16.0. The topological polar surface area (TPSA) is 102 Å². The Morgan fingerprint density at radius 2 is 1.86 bits per heavy atom. The zero-order chi connectivity index (χ0) is 20.5. The first-order chi connectivity index (χ1) is 14.1. The van der Waals surface area contributed by atoms with Crippen LogP contribution >= 0.6 is 0 Å². The number of nitrogens with one attached hydrogen (secondary N) is 2. The van der Waals surface area contributed by atoms with Crippen LogP contribution in [0.1, 0.15) is 24.0 Å². The first kappa shape index (κ1) is 20.1. The molecule has 0 spiro atoms. The molecule has 2 aromatic carbocycles. The minimum atomic E-state index is -0.429. The van der Waals surface area contributed by atoms with Gasteiger partial charge in [0, 0.05) is 56.3 Å². The van der Waals surface area contributed by atoms with E-state index in [1.54, 1.807) is 24.7 Å². The van der Waals surface area contributed by atoms with Crippen molar-refractivity contribution in [1.29, 1.82) is 0 Å². The molecule has 0 saturated heterocycles. The second kappa shape index (κ2) is 10.0. The molecule has 3 rings (SSSR count). The highest BCUT2D eigenvalue weighted by Crippen LogP contribution is 2.15. The summed E-state index contributed by atoms with van der Waals surface area (Å²) < 4.78 is 1.99. The summed E-state index contributed by atoms with van der Waals surface area (Å²) in [6, 6.07) is 14.3. The number of rotatable bonds is 10. The van der Waals surface area contributed by atoms with Gasteiger partial charge in [-0.3, -0.25) is 14.9 Å². The van der Waals surface area contributed by atoms with Gasteiger partial charge in [0.25, 0.3) is 5.69 Å². The fourth-order valence-corrected chi connectivity index (χ4v) is 2.93. The van der Waals surface area contributed by atoms with E-state index in [2.05, 4.69) is 21.7 Å². The van der Waals surface area contributed by atoms with Gasteiger partial charge in [-0.1, -0.05) is 24.3 Å². The summed E-state index contributed by atoms with van der Waals surface area (Å²) in [4.78, 5) is 26.4. The highest BCUT2D eigenvalue weighted by molar-refractivity contribution is 5.75. The molecule has 0 saturated carbocycles. The lowest BCUT2D eigenvalue weighted by atomic mass is 10.1. The van der Waals surface area contributed by atoms with Crippen LogP contribution in [0.4, 0.5) is 11.4 Å². The third-order valence-electron chi connectivity index (χ3n) is 4.49. The summed E-state index contributed by atoms with van der Waals surface area (Å²) in [7, 11) is 0. The Morgan fingerprint density at radius 1 is 1.10 bits per heavy atom. The molecule has 8 heteroatoms. The summed E-state index contributed by atoms with van der Waals surface area (Å²) in [6.45, 7) is 1.81. The number of imidazole rings is 1. The maximum absolute atomic E-state index is 12.1. The molecule has 1 heterocycles. The van der Waals surface area contributed by atoms with Crippen LogP contribution in [0.25, 0.3) is 0 Å². The van der Waals surface area contributed by atoms with Crippen molar-refractivity contribution in [2.75, 3.05) is 11.9 Å². The monoisotopic (exact) mass is 393 g/mol. The Morgan fingerprint density at radius 3 is 2.55 bits per heavy atom. The van der Waals surface area contributed by atoms with Crippen LogP contribution in [0.2, 0.25) is 0 Å². The molecule has 0 aliphatic carbocycles. The first-order valence-electron chi connectivity index (χ1n) is 9.39. The molecule has 3 aromatic rings. The van der Waals surface area contributed by atoms with E-state index in [1.807, 2.05) is 29.0 Å². The molecule has 0 fully saturated rings. The Kier molecular flexibility index (Phi) is 6.94. The molecule has 0 atom stereocenters. The molecule has 0 aliphatic rings. The van der Waals surface area contributed by atoms with Gasteiger partial charge in [-0.15, -0.1) is 0 Å². The third-order valence-corrected chi connectivity index (χ3v) is 4.49. The number of nitro groups is 1. The van der Waals surface area contributed by atoms with Crippen LogP contribution in [0.15, 0.2) is 67.3 Å². The maximum Gasteiger partial charge on any atom is 0.269 e. The van der Waals surface area contributed by atoms with Crippen molar-refractivity contribution in [3.63, 3.8) is 0 Å². The Bertz CT molecular complexity index is 939. The first-order valence-corrected chi connectivity index (χ1v) is 9.39. The largest absolute Gasteiger partial charge is 0.385 e. The fourth-order valence-electron chi connectivity index (χ4n) is 2.93. The van der Waals surface area contributed by atoms with Crippen LogP contribution in [-0.4, -0.2) is 26.9 Å². The van der Waals surface area contributed by atoms with Crippen molar-refractivity contribution in [1.82, 2.24) is 14.9 Å². The summed E-state index contributed by atoms with van der Waals surface area (Å²) in [5, 5.41) is 16.8. The molecule has 1 aromatic heterocycles. The van der Waals surface area contributed by atoms with Gasteiger partial charge in [-0.2, -0.15) is 0 Å². The molecule has 0 bridgehead atoms. The molecule has 2 N–H and O–H groups in total. The van der Waals surface area contributed by atoms with Gasteiger partial charge in [-0.25, -0.2) is 4.98 Å². The quantitative estimate of drug-likeness (QED) is 0.312. The SMILES string of the molecule is O=C(CCCNc1ccc([N+](=O)[O-])cc1)NCc1ccccc1Cn1ccnc1. The van der Waals surface area contributed by atoms with E-state index >= 15 is 0 Å². The van der Waals surface area contributed by atoms with Crippen LogP contribution in [0.5, 0.6) is 0 Å². The van der Waals surface area contributed by atoms with Crippen molar-refractivity contribution in [3.8, 4) is 0 Å². The summed E-state index contributed by atoms with van der Waals surface area (Å²) in [5.41, 5.74) is 3.08. The molecule has 0 unspecified atom stereocenters. The number of aromatic nitrogens is 2. The van der Waals surface area contributed by atoms with E-state index in [0.717, 1.165) is 16.8 Å². The fraction of sp³-hybridized carbons (Fsp3) is 0.238. The number of carbonyl (C=O) groups excluding carboxylic acids is 1. The van der Waals surface area contributed by atoms with Crippen LogP contribution in [-0.2, 0) is 17.9 Å². The molecule has 29 heavy (non-hydrogen) atoms. The molecule has 0 radical (unpaired) electrons. The molecule has 1 amide bonds. The Hall–Kier alpha value is -3.68. The highest BCUT2D eigenvalue weighted by Gasteiger charge is 2.06. The Balaban J connectivity index is 1.39. The third kappa shape index (κ3) is 6.17. The number of amides is 1.